The highest BCUT2D eigenvalue weighted by Gasteiger charge is 2.65. The van der Waals surface area contributed by atoms with E-state index in [4.69, 9.17) is 15.2 Å². The van der Waals surface area contributed by atoms with Gasteiger partial charge in [0.15, 0.2) is 5.78 Å². The molecule has 174 valence electrons. The Morgan fingerprint density at radius 1 is 1.24 bits per heavy atom. The molecule has 0 saturated heterocycles. The molecule has 2 aliphatic heterocycles. The van der Waals surface area contributed by atoms with Gasteiger partial charge in [0.05, 0.1) is 12.2 Å². The van der Waals surface area contributed by atoms with E-state index < -0.39 is 35.2 Å². The van der Waals surface area contributed by atoms with Gasteiger partial charge in [-0.05, 0) is 25.3 Å². The number of anilines is 1. The van der Waals surface area contributed by atoms with Crippen molar-refractivity contribution in [1.29, 1.82) is 0 Å². The third kappa shape index (κ3) is 3.06. The maximum absolute atomic E-state index is 14.4. The molecule has 2 unspecified atom stereocenters. The summed E-state index contributed by atoms with van der Waals surface area (Å²) in [6, 6.07) is 5.35. The van der Waals surface area contributed by atoms with E-state index in [-0.39, 0.29) is 41.6 Å². The van der Waals surface area contributed by atoms with Crippen molar-refractivity contribution < 1.29 is 33.8 Å². The zero-order valence-electron chi connectivity index (χ0n) is 18.7. The molecular formula is C24H26N2O7. The van der Waals surface area contributed by atoms with Gasteiger partial charge in [0.25, 0.3) is 0 Å². The van der Waals surface area contributed by atoms with Crippen LogP contribution in [0, 0.1) is 5.92 Å². The van der Waals surface area contributed by atoms with E-state index >= 15 is 0 Å². The smallest absolute Gasteiger partial charge is 0.341 e. The largest absolute Gasteiger partial charge is 0.480 e. The fraction of sp³-hybridized carbons (Fsp3) is 0.417. The molecule has 9 nitrogen and oxygen atoms in total. The van der Waals surface area contributed by atoms with Gasteiger partial charge in [-0.1, -0.05) is 32.0 Å². The number of esters is 1. The molecule has 0 fully saturated rings. The maximum Gasteiger partial charge on any atom is 0.341 e. The Bertz CT molecular complexity index is 1130. The molecule has 2 heterocycles. The van der Waals surface area contributed by atoms with Gasteiger partial charge in [-0.3, -0.25) is 14.5 Å². The first-order valence-corrected chi connectivity index (χ1v) is 11.0. The molecule has 3 aliphatic rings. The summed E-state index contributed by atoms with van der Waals surface area (Å²) in [5.74, 6) is -3.69. The molecule has 1 aromatic rings. The Kier molecular flexibility index (Phi) is 5.51. The van der Waals surface area contributed by atoms with Crippen LogP contribution >= 0.6 is 0 Å². The van der Waals surface area contributed by atoms with Gasteiger partial charge in [-0.15, -0.1) is 0 Å². The van der Waals surface area contributed by atoms with Gasteiger partial charge < -0.3 is 20.3 Å². The van der Waals surface area contributed by atoms with E-state index in [1.54, 1.807) is 45.0 Å². The van der Waals surface area contributed by atoms with Gasteiger partial charge in [0.1, 0.15) is 22.8 Å². The number of fused-ring (bicyclic) bond motifs is 3. The second-order valence-electron chi connectivity index (χ2n) is 8.61. The number of carbonyl (C=O) groups is 4. The third-order valence-electron chi connectivity index (χ3n) is 6.34. The Balaban J connectivity index is 2.10. The number of amides is 1. The predicted molar refractivity (Wildman–Crippen MR) is 117 cm³/mol. The van der Waals surface area contributed by atoms with Crippen molar-refractivity contribution in [3.05, 3.63) is 52.6 Å². The number of ether oxygens (including phenoxy) is 2. The first-order chi connectivity index (χ1) is 15.7. The second kappa shape index (κ2) is 8.06. The van der Waals surface area contributed by atoms with Crippen molar-refractivity contribution in [2.75, 3.05) is 11.5 Å². The molecule has 0 bridgehead atoms. The molecule has 1 spiro atoms. The molecule has 1 aliphatic carbocycles. The summed E-state index contributed by atoms with van der Waals surface area (Å²) in [5, 5.41) is 10.0. The van der Waals surface area contributed by atoms with E-state index in [0.717, 1.165) is 0 Å². The first-order valence-electron chi connectivity index (χ1n) is 11.0. The van der Waals surface area contributed by atoms with Gasteiger partial charge in [-0.25, -0.2) is 9.59 Å². The molecule has 9 heteroatoms. The molecule has 4 rings (SSSR count). The van der Waals surface area contributed by atoms with Gasteiger partial charge in [-0.2, -0.15) is 0 Å². The van der Waals surface area contributed by atoms with Crippen LogP contribution in [0.1, 0.15) is 45.6 Å². The van der Waals surface area contributed by atoms with Gasteiger partial charge in [0, 0.05) is 24.1 Å². The van der Waals surface area contributed by atoms with E-state index in [9.17, 15) is 24.3 Å². The number of allylic oxidation sites excluding steroid dienone is 1. The van der Waals surface area contributed by atoms with Crippen molar-refractivity contribution in [2.24, 2.45) is 11.7 Å². The topological polar surface area (TPSA) is 136 Å². The Morgan fingerprint density at radius 2 is 1.94 bits per heavy atom. The molecular weight excluding hydrogens is 428 g/mol. The van der Waals surface area contributed by atoms with Crippen molar-refractivity contribution in [2.45, 2.75) is 51.5 Å². The number of nitrogens with two attached hydrogens (primary N) is 1. The number of Topliss-reactive ketones (excluding diaryl/α,β-unsaturated/α-hetero) is 1. The van der Waals surface area contributed by atoms with Crippen LogP contribution in [-0.4, -0.2) is 41.4 Å². The number of hydrogen-bond acceptors (Lipinski definition) is 7. The molecule has 0 saturated carbocycles. The number of aliphatic carboxylic acids is 1. The minimum atomic E-state index is -1.93. The Labute approximate surface area is 190 Å². The molecule has 1 aromatic carbocycles. The summed E-state index contributed by atoms with van der Waals surface area (Å²) >= 11 is 0. The standard InChI is InChI=1S/C24H26N2O7/c1-4-32-22(30)18-20(25)33-16-11-7-10-15(27)17(16)24(18)13-8-5-6-9-14(13)26(23(24)31)19(12(2)3)21(28)29/h5-6,8-9,12,19H,4,7,10-11,25H2,1-3H3,(H,28,29). The molecule has 2 atom stereocenters. The summed E-state index contributed by atoms with van der Waals surface area (Å²) in [7, 11) is 0. The zero-order valence-corrected chi connectivity index (χ0v) is 18.7. The number of rotatable bonds is 5. The van der Waals surface area contributed by atoms with Crippen LogP contribution < -0.4 is 10.6 Å². The SMILES string of the molecule is CCOC(=O)C1=C(N)OC2=C(C(=O)CCC2)C12C(=O)N(C(C(=O)O)C(C)C)c1ccccc12. The molecule has 3 N–H and O–H groups in total. The minimum absolute atomic E-state index is 0.00877. The van der Waals surface area contributed by atoms with Crippen molar-refractivity contribution in [1.82, 2.24) is 0 Å². The van der Waals surface area contributed by atoms with Gasteiger partial charge in [0.2, 0.25) is 11.8 Å². The van der Waals surface area contributed by atoms with Crippen LogP contribution in [0.15, 0.2) is 47.1 Å². The fourth-order valence-electron chi connectivity index (χ4n) is 5.15. The van der Waals surface area contributed by atoms with Crippen LogP contribution in [0.4, 0.5) is 5.69 Å². The Hall–Kier alpha value is -3.62. The van der Waals surface area contributed by atoms with Crippen molar-refractivity contribution in [3.63, 3.8) is 0 Å². The molecule has 0 radical (unpaired) electrons. The summed E-state index contributed by atoms with van der Waals surface area (Å²) < 4.78 is 10.9. The lowest BCUT2D eigenvalue weighted by atomic mass is 9.64. The zero-order chi connectivity index (χ0) is 24.1. The highest BCUT2D eigenvalue weighted by Crippen LogP contribution is 2.56. The van der Waals surface area contributed by atoms with Crippen molar-refractivity contribution in [3.8, 4) is 0 Å². The van der Waals surface area contributed by atoms with Crippen LogP contribution in [0.2, 0.25) is 0 Å². The molecule has 33 heavy (non-hydrogen) atoms. The van der Waals surface area contributed by atoms with E-state index in [0.29, 0.717) is 24.1 Å². The summed E-state index contributed by atoms with van der Waals surface area (Å²) in [6.07, 6.45) is 1.04. The number of nitrogens with zero attached hydrogens (tertiary/aromatic N) is 1. The van der Waals surface area contributed by atoms with E-state index in [2.05, 4.69) is 0 Å². The lowest BCUT2D eigenvalue weighted by molar-refractivity contribution is -0.142. The number of hydrogen-bond donors (Lipinski definition) is 2. The number of carboxylic acid groups (broad SMARTS) is 1. The highest BCUT2D eigenvalue weighted by molar-refractivity contribution is 6.24. The maximum atomic E-state index is 14.4. The van der Waals surface area contributed by atoms with Crippen LogP contribution in [0.25, 0.3) is 0 Å². The monoisotopic (exact) mass is 454 g/mol. The normalized spacial score (nSPS) is 23.0. The summed E-state index contributed by atoms with van der Waals surface area (Å²) in [5.41, 5.74) is 4.66. The summed E-state index contributed by atoms with van der Waals surface area (Å²) in [6.45, 7) is 5.00. The fourth-order valence-corrected chi connectivity index (χ4v) is 5.15. The van der Waals surface area contributed by atoms with Crippen LogP contribution in [0.3, 0.4) is 0 Å². The lowest BCUT2D eigenvalue weighted by Gasteiger charge is -2.39. The number of ketones is 1. The third-order valence-corrected chi connectivity index (χ3v) is 6.34. The number of benzene rings is 1. The molecule has 1 amide bonds. The Morgan fingerprint density at radius 3 is 2.58 bits per heavy atom. The average Bonchev–Trinajstić information content (AvgIpc) is 2.97. The van der Waals surface area contributed by atoms with E-state index in [1.807, 2.05) is 0 Å². The van der Waals surface area contributed by atoms with Crippen LogP contribution in [-0.2, 0) is 34.1 Å². The van der Waals surface area contributed by atoms with E-state index in [1.165, 1.54) is 4.90 Å². The average molecular weight is 454 g/mol. The number of carboxylic acids is 1. The second-order valence-corrected chi connectivity index (χ2v) is 8.61. The van der Waals surface area contributed by atoms with Crippen molar-refractivity contribution >= 4 is 29.3 Å². The minimum Gasteiger partial charge on any atom is -0.480 e. The quantitative estimate of drug-likeness (QED) is 0.646. The lowest BCUT2D eigenvalue weighted by Crippen LogP contribution is -2.55. The highest BCUT2D eigenvalue weighted by atomic mass is 16.5. The first kappa shape index (κ1) is 22.6. The summed E-state index contributed by atoms with van der Waals surface area (Å²) in [4.78, 5) is 54.3. The van der Waals surface area contributed by atoms with Gasteiger partial charge >= 0.3 is 11.9 Å². The number of carbonyl (C=O) groups excluding carboxylic acids is 3. The predicted octanol–water partition coefficient (Wildman–Crippen LogP) is 2.15. The number of para-hydroxylation sites is 1. The van der Waals surface area contributed by atoms with Crippen LogP contribution in [0.5, 0.6) is 0 Å². The molecule has 0 aromatic heterocycles.